The fraction of sp³-hybridized carbons (Fsp3) is 0.818. The normalized spacial score (nSPS) is 20.1. The van der Waals surface area contributed by atoms with Crippen LogP contribution in [0, 0.1) is 5.41 Å². The number of carbonyl (C=O) groups is 2. The van der Waals surface area contributed by atoms with Crippen molar-refractivity contribution in [3.05, 3.63) is 0 Å². The number of esters is 1. The Balaban J connectivity index is 2.87. The van der Waals surface area contributed by atoms with Crippen LogP contribution in [0.2, 0.25) is 0 Å². The Kier molecular flexibility index (Phi) is 3.67. The third-order valence-electron chi connectivity index (χ3n) is 3.14. The largest absolute Gasteiger partial charge is 0.468 e. The minimum absolute atomic E-state index is 0.0454. The van der Waals surface area contributed by atoms with E-state index in [9.17, 15) is 9.59 Å². The van der Waals surface area contributed by atoms with Crippen LogP contribution in [-0.2, 0) is 14.3 Å². The summed E-state index contributed by atoms with van der Waals surface area (Å²) in [7, 11) is 1.36. The molecule has 0 radical (unpaired) electrons. The first kappa shape index (κ1) is 11.2. The lowest BCUT2D eigenvalue weighted by Crippen LogP contribution is -2.41. The highest BCUT2D eigenvalue weighted by atomic mass is 16.5. The molecule has 3 nitrogen and oxygen atoms in total. The van der Waals surface area contributed by atoms with Gasteiger partial charge in [-0.05, 0) is 12.8 Å². The molecule has 0 aromatic heterocycles. The van der Waals surface area contributed by atoms with Crippen molar-refractivity contribution in [3.63, 3.8) is 0 Å². The van der Waals surface area contributed by atoms with Gasteiger partial charge in [0, 0.05) is 6.42 Å². The smallest absolute Gasteiger partial charge is 0.319 e. The molecular weight excluding hydrogens is 180 g/mol. The average Bonchev–Trinajstić information content (AvgIpc) is 2.27. The van der Waals surface area contributed by atoms with E-state index in [1.165, 1.54) is 7.11 Å². The highest BCUT2D eigenvalue weighted by Gasteiger charge is 2.45. The first-order chi connectivity index (χ1) is 6.67. The van der Waals surface area contributed by atoms with E-state index in [1.807, 2.05) is 6.92 Å². The molecule has 0 N–H and O–H groups in total. The number of Topliss-reactive ketones (excluding diaryl/α,β-unsaturated/α-hetero) is 1. The van der Waals surface area contributed by atoms with Gasteiger partial charge in [-0.3, -0.25) is 9.59 Å². The molecule has 0 bridgehead atoms. The molecule has 1 fully saturated rings. The van der Waals surface area contributed by atoms with Gasteiger partial charge in [0.2, 0.25) is 0 Å². The highest BCUT2D eigenvalue weighted by Crippen LogP contribution is 2.39. The van der Waals surface area contributed by atoms with Crippen LogP contribution in [-0.4, -0.2) is 18.9 Å². The van der Waals surface area contributed by atoms with Gasteiger partial charge in [0.05, 0.1) is 7.11 Å². The molecule has 0 amide bonds. The summed E-state index contributed by atoms with van der Waals surface area (Å²) in [5, 5.41) is 0. The summed E-state index contributed by atoms with van der Waals surface area (Å²) in [6.45, 7) is 1.81. The van der Waals surface area contributed by atoms with Crippen molar-refractivity contribution in [2.24, 2.45) is 5.41 Å². The predicted octanol–water partition coefficient (Wildman–Crippen LogP) is 2.09. The number of rotatable bonds is 3. The Morgan fingerprint density at radius 1 is 1.21 bits per heavy atom. The highest BCUT2D eigenvalue weighted by molar-refractivity contribution is 6.03. The fourth-order valence-electron chi connectivity index (χ4n) is 2.29. The summed E-state index contributed by atoms with van der Waals surface area (Å²) in [5.74, 6) is -0.284. The number of ketones is 1. The maximum Gasteiger partial charge on any atom is 0.319 e. The molecule has 1 saturated carbocycles. The van der Waals surface area contributed by atoms with Gasteiger partial charge in [0.15, 0.2) is 0 Å². The molecule has 0 unspecified atom stereocenters. The molecule has 0 aromatic carbocycles. The zero-order valence-electron chi connectivity index (χ0n) is 8.97. The molecule has 0 aromatic rings. The zero-order valence-corrected chi connectivity index (χ0v) is 8.97. The van der Waals surface area contributed by atoms with Gasteiger partial charge < -0.3 is 4.74 Å². The Morgan fingerprint density at radius 3 is 2.21 bits per heavy atom. The van der Waals surface area contributed by atoms with Gasteiger partial charge in [-0.15, -0.1) is 0 Å². The fourth-order valence-corrected chi connectivity index (χ4v) is 2.29. The SMILES string of the molecule is CCC(=O)C1(C(=O)OC)CCCCC1. The quantitative estimate of drug-likeness (QED) is 0.515. The summed E-state index contributed by atoms with van der Waals surface area (Å²) in [4.78, 5) is 23.4. The van der Waals surface area contributed by atoms with Crippen molar-refractivity contribution in [3.8, 4) is 0 Å². The molecule has 80 valence electrons. The standard InChI is InChI=1S/C11H18O3/c1-3-9(12)11(10(13)14-2)7-5-4-6-8-11/h3-8H2,1-2H3. The maximum atomic E-state index is 11.8. The lowest BCUT2D eigenvalue weighted by Gasteiger charge is -2.32. The van der Waals surface area contributed by atoms with E-state index in [4.69, 9.17) is 4.74 Å². The Hall–Kier alpha value is -0.860. The van der Waals surface area contributed by atoms with Crippen molar-refractivity contribution in [1.29, 1.82) is 0 Å². The molecule has 1 rings (SSSR count). The summed E-state index contributed by atoms with van der Waals surface area (Å²) in [6.07, 6.45) is 4.81. The first-order valence-corrected chi connectivity index (χ1v) is 5.29. The number of carbonyl (C=O) groups excluding carboxylic acids is 2. The van der Waals surface area contributed by atoms with Crippen LogP contribution in [0.15, 0.2) is 0 Å². The molecule has 0 atom stereocenters. The number of hydrogen-bond donors (Lipinski definition) is 0. The van der Waals surface area contributed by atoms with Crippen molar-refractivity contribution >= 4 is 11.8 Å². The van der Waals surface area contributed by atoms with Gasteiger partial charge in [-0.2, -0.15) is 0 Å². The van der Waals surface area contributed by atoms with Crippen LogP contribution in [0.5, 0.6) is 0 Å². The summed E-state index contributed by atoms with van der Waals surface area (Å²) < 4.78 is 4.76. The average molecular weight is 198 g/mol. The summed E-state index contributed by atoms with van der Waals surface area (Å²) >= 11 is 0. The summed E-state index contributed by atoms with van der Waals surface area (Å²) in [6, 6.07) is 0. The minimum Gasteiger partial charge on any atom is -0.468 e. The van der Waals surface area contributed by atoms with Crippen LogP contribution in [0.25, 0.3) is 0 Å². The van der Waals surface area contributed by atoms with E-state index in [2.05, 4.69) is 0 Å². The van der Waals surface area contributed by atoms with Crippen LogP contribution in [0.4, 0.5) is 0 Å². The molecule has 1 aliphatic rings. The first-order valence-electron chi connectivity index (χ1n) is 5.29. The van der Waals surface area contributed by atoms with E-state index >= 15 is 0 Å². The molecule has 0 heterocycles. The molecule has 0 aliphatic heterocycles. The second-order valence-corrected chi connectivity index (χ2v) is 3.91. The minimum atomic E-state index is -0.804. The van der Waals surface area contributed by atoms with Crippen molar-refractivity contribution < 1.29 is 14.3 Å². The van der Waals surface area contributed by atoms with Crippen LogP contribution in [0.1, 0.15) is 45.4 Å². The van der Waals surface area contributed by atoms with Gasteiger partial charge in [-0.1, -0.05) is 26.2 Å². The van der Waals surface area contributed by atoms with E-state index in [1.54, 1.807) is 0 Å². The van der Waals surface area contributed by atoms with E-state index in [0.29, 0.717) is 19.3 Å². The Bertz CT molecular complexity index is 209. The van der Waals surface area contributed by atoms with Crippen molar-refractivity contribution in [1.82, 2.24) is 0 Å². The van der Waals surface area contributed by atoms with Gasteiger partial charge in [-0.25, -0.2) is 0 Å². The summed E-state index contributed by atoms with van der Waals surface area (Å²) in [5.41, 5.74) is -0.804. The van der Waals surface area contributed by atoms with E-state index < -0.39 is 5.41 Å². The Morgan fingerprint density at radius 2 is 1.79 bits per heavy atom. The second kappa shape index (κ2) is 4.58. The third kappa shape index (κ3) is 1.81. The number of methoxy groups -OCH3 is 1. The Labute approximate surface area is 84.8 Å². The van der Waals surface area contributed by atoms with Crippen LogP contribution < -0.4 is 0 Å². The van der Waals surface area contributed by atoms with Crippen LogP contribution >= 0.6 is 0 Å². The molecule has 1 aliphatic carbocycles. The lowest BCUT2D eigenvalue weighted by atomic mass is 9.70. The van der Waals surface area contributed by atoms with E-state index in [0.717, 1.165) is 19.3 Å². The molecule has 0 spiro atoms. The zero-order chi connectivity index (χ0) is 10.6. The van der Waals surface area contributed by atoms with Crippen molar-refractivity contribution in [2.75, 3.05) is 7.11 Å². The molecule has 3 heteroatoms. The molecule has 0 saturated heterocycles. The van der Waals surface area contributed by atoms with Gasteiger partial charge in [0.25, 0.3) is 0 Å². The molecule has 14 heavy (non-hydrogen) atoms. The van der Waals surface area contributed by atoms with Gasteiger partial charge in [0.1, 0.15) is 11.2 Å². The monoisotopic (exact) mass is 198 g/mol. The predicted molar refractivity (Wildman–Crippen MR) is 52.8 cm³/mol. The number of hydrogen-bond acceptors (Lipinski definition) is 3. The maximum absolute atomic E-state index is 11.8. The second-order valence-electron chi connectivity index (χ2n) is 3.91. The lowest BCUT2D eigenvalue weighted by molar-refractivity contribution is -0.160. The topological polar surface area (TPSA) is 43.4 Å². The van der Waals surface area contributed by atoms with E-state index in [-0.39, 0.29) is 11.8 Å². The van der Waals surface area contributed by atoms with Crippen molar-refractivity contribution in [2.45, 2.75) is 45.4 Å². The van der Waals surface area contributed by atoms with Gasteiger partial charge >= 0.3 is 5.97 Å². The number of ether oxygens (including phenoxy) is 1. The third-order valence-corrected chi connectivity index (χ3v) is 3.14. The van der Waals surface area contributed by atoms with Crippen LogP contribution in [0.3, 0.4) is 0 Å². The molecular formula is C11H18O3.